The summed E-state index contributed by atoms with van der Waals surface area (Å²) in [6, 6.07) is 9.93. The van der Waals surface area contributed by atoms with Gasteiger partial charge in [-0.05, 0) is 18.6 Å². The van der Waals surface area contributed by atoms with Crippen LogP contribution in [0.5, 0.6) is 0 Å². The van der Waals surface area contributed by atoms with Gasteiger partial charge in [0.2, 0.25) is 0 Å². The molecule has 0 saturated carbocycles. The number of anilines is 1. The maximum atomic E-state index is 8.92. The highest BCUT2D eigenvalue weighted by atomic mass is 15.1. The van der Waals surface area contributed by atoms with Crippen molar-refractivity contribution in [3.05, 3.63) is 29.8 Å². The van der Waals surface area contributed by atoms with Crippen molar-refractivity contribution in [2.24, 2.45) is 0 Å². The summed E-state index contributed by atoms with van der Waals surface area (Å²) < 4.78 is 0. The largest absolute Gasteiger partial charge is 0.374 e. The first-order chi connectivity index (χ1) is 6.79. The SMILES string of the molecule is CCCCN(C)c1ccccc1C#N. The van der Waals surface area contributed by atoms with Crippen molar-refractivity contribution in [2.45, 2.75) is 19.8 Å². The zero-order valence-electron chi connectivity index (χ0n) is 8.83. The number of rotatable bonds is 4. The molecule has 0 aliphatic heterocycles. The number of unbranched alkanes of at least 4 members (excludes halogenated alkanes) is 1. The van der Waals surface area contributed by atoms with E-state index < -0.39 is 0 Å². The van der Waals surface area contributed by atoms with Crippen molar-refractivity contribution in [1.82, 2.24) is 0 Å². The summed E-state index contributed by atoms with van der Waals surface area (Å²) in [7, 11) is 2.03. The first-order valence-electron chi connectivity index (χ1n) is 5.00. The molecule has 0 bridgehead atoms. The van der Waals surface area contributed by atoms with Crippen LogP contribution in [0.4, 0.5) is 5.69 Å². The third-order valence-electron chi connectivity index (χ3n) is 2.28. The van der Waals surface area contributed by atoms with Crippen molar-refractivity contribution in [3.8, 4) is 6.07 Å². The lowest BCUT2D eigenvalue weighted by Gasteiger charge is -2.19. The Morgan fingerprint density at radius 2 is 2.07 bits per heavy atom. The van der Waals surface area contributed by atoms with Crippen LogP contribution in [-0.4, -0.2) is 13.6 Å². The van der Waals surface area contributed by atoms with Gasteiger partial charge in [-0.1, -0.05) is 25.5 Å². The highest BCUT2D eigenvalue weighted by Crippen LogP contribution is 2.18. The van der Waals surface area contributed by atoms with Gasteiger partial charge in [-0.15, -0.1) is 0 Å². The Kier molecular flexibility index (Phi) is 4.00. The van der Waals surface area contributed by atoms with E-state index in [1.54, 1.807) is 0 Å². The molecule has 0 saturated heterocycles. The monoisotopic (exact) mass is 188 g/mol. The molecule has 0 amide bonds. The van der Waals surface area contributed by atoms with E-state index in [0.29, 0.717) is 0 Å². The average Bonchev–Trinajstić information content (AvgIpc) is 2.25. The van der Waals surface area contributed by atoms with Gasteiger partial charge >= 0.3 is 0 Å². The van der Waals surface area contributed by atoms with Crippen LogP contribution in [0.25, 0.3) is 0 Å². The zero-order chi connectivity index (χ0) is 10.4. The summed E-state index contributed by atoms with van der Waals surface area (Å²) >= 11 is 0. The molecule has 0 N–H and O–H groups in total. The van der Waals surface area contributed by atoms with E-state index in [1.807, 2.05) is 31.3 Å². The molecule has 0 spiro atoms. The highest BCUT2D eigenvalue weighted by Gasteiger charge is 2.04. The summed E-state index contributed by atoms with van der Waals surface area (Å²) in [6.45, 7) is 3.18. The molecule has 0 aromatic heterocycles. The normalized spacial score (nSPS) is 9.50. The molecule has 0 fully saturated rings. The van der Waals surface area contributed by atoms with E-state index in [0.717, 1.165) is 24.2 Å². The predicted molar refractivity (Wildman–Crippen MR) is 59.3 cm³/mol. The maximum Gasteiger partial charge on any atom is 0.101 e. The fourth-order valence-corrected chi connectivity index (χ4v) is 1.42. The van der Waals surface area contributed by atoms with Crippen molar-refractivity contribution >= 4 is 5.69 Å². The van der Waals surface area contributed by atoms with Crippen molar-refractivity contribution in [3.63, 3.8) is 0 Å². The van der Waals surface area contributed by atoms with Crippen LogP contribution in [-0.2, 0) is 0 Å². The Morgan fingerprint density at radius 3 is 2.71 bits per heavy atom. The molecule has 0 aliphatic rings. The molecule has 0 radical (unpaired) electrons. The molecule has 0 aliphatic carbocycles. The van der Waals surface area contributed by atoms with E-state index in [4.69, 9.17) is 5.26 Å². The van der Waals surface area contributed by atoms with E-state index in [-0.39, 0.29) is 0 Å². The van der Waals surface area contributed by atoms with Gasteiger partial charge in [0, 0.05) is 13.6 Å². The van der Waals surface area contributed by atoms with Gasteiger partial charge in [0.1, 0.15) is 6.07 Å². The average molecular weight is 188 g/mol. The quantitative estimate of drug-likeness (QED) is 0.726. The maximum absolute atomic E-state index is 8.92. The van der Waals surface area contributed by atoms with Crippen LogP contribution in [0.15, 0.2) is 24.3 Å². The molecule has 2 heteroatoms. The molecule has 14 heavy (non-hydrogen) atoms. The number of hydrogen-bond acceptors (Lipinski definition) is 2. The third-order valence-corrected chi connectivity index (χ3v) is 2.28. The minimum Gasteiger partial charge on any atom is -0.374 e. The molecular formula is C12H16N2. The Labute approximate surface area is 85.8 Å². The summed E-state index contributed by atoms with van der Waals surface area (Å²) in [5.41, 5.74) is 1.79. The van der Waals surface area contributed by atoms with Gasteiger partial charge < -0.3 is 4.90 Å². The molecule has 1 aromatic rings. The number of para-hydroxylation sites is 1. The first kappa shape index (κ1) is 10.6. The molecule has 1 rings (SSSR count). The first-order valence-corrected chi connectivity index (χ1v) is 5.00. The smallest absolute Gasteiger partial charge is 0.101 e. The van der Waals surface area contributed by atoms with Gasteiger partial charge in [-0.25, -0.2) is 0 Å². The van der Waals surface area contributed by atoms with E-state index in [2.05, 4.69) is 17.9 Å². The summed E-state index contributed by atoms with van der Waals surface area (Å²) in [4.78, 5) is 2.14. The lowest BCUT2D eigenvalue weighted by molar-refractivity contribution is 0.766. The predicted octanol–water partition coefficient (Wildman–Crippen LogP) is 2.79. The topological polar surface area (TPSA) is 27.0 Å². The van der Waals surface area contributed by atoms with E-state index in [1.165, 1.54) is 6.42 Å². The number of hydrogen-bond donors (Lipinski definition) is 0. The van der Waals surface area contributed by atoms with Crippen LogP contribution in [0.3, 0.4) is 0 Å². The molecular weight excluding hydrogens is 172 g/mol. The fraction of sp³-hybridized carbons (Fsp3) is 0.417. The Hall–Kier alpha value is -1.49. The van der Waals surface area contributed by atoms with Crippen LogP contribution in [0.2, 0.25) is 0 Å². The van der Waals surface area contributed by atoms with Crippen molar-refractivity contribution in [1.29, 1.82) is 5.26 Å². The second kappa shape index (κ2) is 5.29. The second-order valence-corrected chi connectivity index (χ2v) is 3.40. The lowest BCUT2D eigenvalue weighted by atomic mass is 10.1. The minimum absolute atomic E-state index is 0.756. The molecule has 74 valence electrons. The van der Waals surface area contributed by atoms with Crippen molar-refractivity contribution in [2.75, 3.05) is 18.5 Å². The summed E-state index contributed by atoms with van der Waals surface area (Å²) in [6.07, 6.45) is 2.34. The van der Waals surface area contributed by atoms with Crippen LogP contribution in [0.1, 0.15) is 25.3 Å². The van der Waals surface area contributed by atoms with E-state index >= 15 is 0 Å². The number of benzene rings is 1. The standard InChI is InChI=1S/C12H16N2/c1-3-4-9-14(2)12-8-6-5-7-11(12)10-13/h5-8H,3-4,9H2,1-2H3. The van der Waals surface area contributed by atoms with Crippen molar-refractivity contribution < 1.29 is 0 Å². The van der Waals surface area contributed by atoms with Gasteiger partial charge in [0.05, 0.1) is 11.3 Å². The van der Waals surface area contributed by atoms with Gasteiger partial charge in [-0.2, -0.15) is 5.26 Å². The van der Waals surface area contributed by atoms with E-state index in [9.17, 15) is 0 Å². The summed E-state index contributed by atoms with van der Waals surface area (Å²) in [5, 5.41) is 8.92. The Morgan fingerprint density at radius 1 is 1.36 bits per heavy atom. The highest BCUT2D eigenvalue weighted by molar-refractivity contribution is 5.58. The van der Waals surface area contributed by atoms with Gasteiger partial charge in [0.25, 0.3) is 0 Å². The molecule has 1 aromatic carbocycles. The van der Waals surface area contributed by atoms with Crippen LogP contribution >= 0.6 is 0 Å². The number of nitrogens with zero attached hydrogens (tertiary/aromatic N) is 2. The number of nitriles is 1. The van der Waals surface area contributed by atoms with Gasteiger partial charge in [-0.3, -0.25) is 0 Å². The van der Waals surface area contributed by atoms with Crippen LogP contribution in [0, 0.1) is 11.3 Å². The summed E-state index contributed by atoms with van der Waals surface area (Å²) in [5.74, 6) is 0. The van der Waals surface area contributed by atoms with Gasteiger partial charge in [0.15, 0.2) is 0 Å². The Bertz CT molecular complexity index is 325. The molecule has 0 heterocycles. The Balaban J connectivity index is 2.79. The minimum atomic E-state index is 0.756. The zero-order valence-corrected chi connectivity index (χ0v) is 8.83. The molecule has 0 unspecified atom stereocenters. The fourth-order valence-electron chi connectivity index (χ4n) is 1.42. The van der Waals surface area contributed by atoms with Crippen LogP contribution < -0.4 is 4.90 Å². The second-order valence-electron chi connectivity index (χ2n) is 3.40. The molecule has 0 atom stereocenters. The third kappa shape index (κ3) is 2.50. The molecule has 2 nitrogen and oxygen atoms in total. The lowest BCUT2D eigenvalue weighted by Crippen LogP contribution is -2.19.